The molecule has 2 N–H and O–H groups in total. The summed E-state index contributed by atoms with van der Waals surface area (Å²) in [6, 6.07) is 5.81. The summed E-state index contributed by atoms with van der Waals surface area (Å²) < 4.78 is 0. The predicted molar refractivity (Wildman–Crippen MR) is 86.7 cm³/mol. The van der Waals surface area contributed by atoms with Gasteiger partial charge >= 0.3 is 0 Å². The van der Waals surface area contributed by atoms with E-state index in [1.54, 1.807) is 11.3 Å². The number of nitrogen functional groups attached to an aromatic ring is 1. The smallest absolute Gasteiger partial charge is 0.233 e. The second-order valence-electron chi connectivity index (χ2n) is 5.26. The van der Waals surface area contributed by atoms with Crippen LogP contribution in [0.3, 0.4) is 0 Å². The van der Waals surface area contributed by atoms with Crippen molar-refractivity contribution in [3.63, 3.8) is 0 Å². The fourth-order valence-electron chi connectivity index (χ4n) is 2.75. The van der Waals surface area contributed by atoms with E-state index in [1.165, 1.54) is 0 Å². The average molecular weight is 301 g/mol. The molecule has 0 radical (unpaired) electrons. The van der Waals surface area contributed by atoms with Gasteiger partial charge in [0.25, 0.3) is 0 Å². The van der Waals surface area contributed by atoms with E-state index in [-0.39, 0.29) is 5.91 Å². The van der Waals surface area contributed by atoms with Crippen LogP contribution in [0, 0.1) is 0 Å². The highest BCUT2D eigenvalue weighted by Gasteiger charge is 2.24. The molecular weight excluding hydrogens is 282 g/mol. The van der Waals surface area contributed by atoms with E-state index in [4.69, 9.17) is 5.73 Å². The fraction of sp³-hybridized carbons (Fsp3) is 0.375. The molecule has 4 nitrogen and oxygen atoms in total. The first kappa shape index (κ1) is 14.1. The van der Waals surface area contributed by atoms with Crippen LogP contribution >= 0.6 is 11.3 Å². The molecule has 0 spiro atoms. The summed E-state index contributed by atoms with van der Waals surface area (Å²) in [6.07, 6.45) is 3.19. The lowest BCUT2D eigenvalue weighted by Gasteiger charge is -2.30. The van der Waals surface area contributed by atoms with Gasteiger partial charge in [-0.1, -0.05) is 13.0 Å². The number of amides is 1. The maximum atomic E-state index is 12.6. The summed E-state index contributed by atoms with van der Waals surface area (Å²) in [4.78, 5) is 18.9. The van der Waals surface area contributed by atoms with Gasteiger partial charge in [0.15, 0.2) is 0 Å². The number of hydrogen-bond donors (Lipinski definition) is 1. The third-order valence-electron chi connectivity index (χ3n) is 3.82. The largest absolute Gasteiger partial charge is 0.398 e. The molecule has 2 heterocycles. The minimum atomic E-state index is 0.106. The molecule has 2 aromatic rings. The van der Waals surface area contributed by atoms with Crippen molar-refractivity contribution in [1.82, 2.24) is 4.98 Å². The van der Waals surface area contributed by atoms with Gasteiger partial charge in [0.1, 0.15) is 0 Å². The van der Waals surface area contributed by atoms with Gasteiger partial charge < -0.3 is 10.6 Å². The number of fused-ring (bicyclic) bond motifs is 1. The molecule has 0 saturated carbocycles. The van der Waals surface area contributed by atoms with Crippen LogP contribution in [0.15, 0.2) is 23.6 Å². The lowest BCUT2D eigenvalue weighted by Crippen LogP contribution is -2.36. The third-order valence-corrected chi connectivity index (χ3v) is 4.86. The van der Waals surface area contributed by atoms with Gasteiger partial charge in [-0.15, -0.1) is 11.3 Å². The highest BCUT2D eigenvalue weighted by atomic mass is 32.1. The lowest BCUT2D eigenvalue weighted by molar-refractivity contribution is -0.118. The SMILES string of the molecule is CCc1nc(CC(=O)N2CCCc3c(N)cccc32)cs1. The van der Waals surface area contributed by atoms with Gasteiger partial charge in [-0.3, -0.25) is 4.79 Å². The standard InChI is InChI=1S/C16H19N3OS/c1-2-15-18-11(10-21-15)9-16(20)19-8-4-5-12-13(17)6-3-7-14(12)19/h3,6-7,10H,2,4-5,8-9,17H2,1H3. The summed E-state index contributed by atoms with van der Waals surface area (Å²) in [7, 11) is 0. The van der Waals surface area contributed by atoms with Gasteiger partial charge in [0.2, 0.25) is 5.91 Å². The van der Waals surface area contributed by atoms with E-state index in [0.717, 1.165) is 53.4 Å². The number of anilines is 2. The quantitative estimate of drug-likeness (QED) is 0.887. The molecule has 21 heavy (non-hydrogen) atoms. The lowest BCUT2D eigenvalue weighted by atomic mass is 9.99. The van der Waals surface area contributed by atoms with Crippen LogP contribution in [0.4, 0.5) is 11.4 Å². The number of nitrogens with two attached hydrogens (primary N) is 1. The minimum absolute atomic E-state index is 0.106. The van der Waals surface area contributed by atoms with E-state index in [9.17, 15) is 4.79 Å². The molecule has 0 bridgehead atoms. The summed E-state index contributed by atoms with van der Waals surface area (Å²) in [5, 5.41) is 3.07. The number of aryl methyl sites for hydroxylation is 1. The Balaban J connectivity index is 1.81. The molecule has 0 atom stereocenters. The molecule has 3 rings (SSSR count). The summed E-state index contributed by atoms with van der Waals surface area (Å²) >= 11 is 1.62. The Bertz CT molecular complexity index is 665. The predicted octanol–water partition coefficient (Wildman–Crippen LogP) is 2.81. The Morgan fingerprint density at radius 2 is 2.33 bits per heavy atom. The van der Waals surface area contributed by atoms with E-state index in [2.05, 4.69) is 11.9 Å². The zero-order chi connectivity index (χ0) is 14.8. The molecule has 0 aliphatic carbocycles. The van der Waals surface area contributed by atoms with Gasteiger partial charge in [-0.05, 0) is 37.0 Å². The molecule has 0 unspecified atom stereocenters. The highest BCUT2D eigenvalue weighted by Crippen LogP contribution is 2.31. The first-order chi connectivity index (χ1) is 10.2. The molecule has 110 valence electrons. The molecule has 5 heteroatoms. The van der Waals surface area contributed by atoms with Crippen molar-refractivity contribution in [1.29, 1.82) is 0 Å². The van der Waals surface area contributed by atoms with Crippen molar-refractivity contribution in [2.75, 3.05) is 17.2 Å². The van der Waals surface area contributed by atoms with Crippen LogP contribution in [0.5, 0.6) is 0 Å². The van der Waals surface area contributed by atoms with Crippen LogP contribution in [0.2, 0.25) is 0 Å². The van der Waals surface area contributed by atoms with Crippen molar-refractivity contribution < 1.29 is 4.79 Å². The van der Waals surface area contributed by atoms with Crippen LogP contribution in [-0.4, -0.2) is 17.4 Å². The number of hydrogen-bond acceptors (Lipinski definition) is 4. The van der Waals surface area contributed by atoms with Crippen molar-refractivity contribution in [3.8, 4) is 0 Å². The molecule has 1 aliphatic rings. The number of rotatable bonds is 3. The Kier molecular flexibility index (Phi) is 3.92. The molecule has 1 aromatic carbocycles. The summed E-state index contributed by atoms with van der Waals surface area (Å²) in [6.45, 7) is 2.84. The second-order valence-corrected chi connectivity index (χ2v) is 6.20. The van der Waals surface area contributed by atoms with Gasteiger partial charge in [-0.2, -0.15) is 0 Å². The first-order valence-electron chi connectivity index (χ1n) is 7.30. The molecule has 0 saturated heterocycles. The zero-order valence-electron chi connectivity index (χ0n) is 12.1. The minimum Gasteiger partial charge on any atom is -0.398 e. The molecule has 1 aromatic heterocycles. The van der Waals surface area contributed by atoms with Gasteiger partial charge in [0.05, 0.1) is 17.1 Å². The number of nitrogens with zero attached hydrogens (tertiary/aromatic N) is 2. The Hall–Kier alpha value is -1.88. The Morgan fingerprint density at radius 1 is 1.48 bits per heavy atom. The van der Waals surface area contributed by atoms with Crippen molar-refractivity contribution in [3.05, 3.63) is 39.8 Å². The number of aromatic nitrogens is 1. The van der Waals surface area contributed by atoms with Crippen molar-refractivity contribution >= 4 is 28.6 Å². The molecule has 1 aliphatic heterocycles. The maximum Gasteiger partial charge on any atom is 0.233 e. The Labute approximate surface area is 128 Å². The summed E-state index contributed by atoms with van der Waals surface area (Å²) in [5.74, 6) is 0.106. The van der Waals surface area contributed by atoms with E-state index >= 15 is 0 Å². The van der Waals surface area contributed by atoms with E-state index < -0.39 is 0 Å². The fourth-order valence-corrected chi connectivity index (χ4v) is 3.50. The normalized spacial score (nSPS) is 14.0. The van der Waals surface area contributed by atoms with Crippen LogP contribution < -0.4 is 10.6 Å². The van der Waals surface area contributed by atoms with Crippen molar-refractivity contribution in [2.24, 2.45) is 0 Å². The highest BCUT2D eigenvalue weighted by molar-refractivity contribution is 7.09. The van der Waals surface area contributed by atoms with Crippen LogP contribution in [-0.2, 0) is 24.1 Å². The number of thiazole rings is 1. The number of benzene rings is 1. The zero-order valence-corrected chi connectivity index (χ0v) is 12.9. The summed E-state index contributed by atoms with van der Waals surface area (Å²) in [5.41, 5.74) is 9.76. The number of carbonyl (C=O) groups is 1. The maximum absolute atomic E-state index is 12.6. The van der Waals surface area contributed by atoms with Crippen LogP contribution in [0.25, 0.3) is 0 Å². The van der Waals surface area contributed by atoms with Gasteiger partial charge in [-0.25, -0.2) is 4.98 Å². The topological polar surface area (TPSA) is 59.2 Å². The first-order valence-corrected chi connectivity index (χ1v) is 8.18. The van der Waals surface area contributed by atoms with Gasteiger partial charge in [0, 0.05) is 23.3 Å². The third kappa shape index (κ3) is 2.78. The molecular formula is C16H19N3OS. The second kappa shape index (κ2) is 5.85. The van der Waals surface area contributed by atoms with E-state index in [1.807, 2.05) is 28.5 Å². The molecule has 0 fully saturated rings. The van der Waals surface area contributed by atoms with Crippen LogP contribution in [0.1, 0.15) is 29.6 Å². The molecule has 1 amide bonds. The monoisotopic (exact) mass is 301 g/mol. The number of carbonyl (C=O) groups excluding carboxylic acids is 1. The van der Waals surface area contributed by atoms with Crippen molar-refractivity contribution in [2.45, 2.75) is 32.6 Å². The average Bonchev–Trinajstić information content (AvgIpc) is 2.95. The van der Waals surface area contributed by atoms with E-state index in [0.29, 0.717) is 6.42 Å². The Morgan fingerprint density at radius 3 is 3.10 bits per heavy atom.